The number of H-pyrrole nitrogens is 1. The molecule has 0 saturated heterocycles. The van der Waals surface area contributed by atoms with Gasteiger partial charge < -0.3 is 10.4 Å². The third-order valence-corrected chi connectivity index (χ3v) is 3.49. The molecule has 0 aromatic carbocycles. The van der Waals surface area contributed by atoms with Gasteiger partial charge >= 0.3 is 0 Å². The van der Waals surface area contributed by atoms with Crippen molar-refractivity contribution in [2.45, 2.75) is 47.1 Å². The lowest BCUT2D eigenvalue weighted by Gasteiger charge is -2.17. The van der Waals surface area contributed by atoms with Crippen LogP contribution in [-0.4, -0.2) is 33.9 Å². The van der Waals surface area contributed by atoms with E-state index in [-0.39, 0.29) is 17.7 Å². The van der Waals surface area contributed by atoms with Crippen LogP contribution in [-0.2, 0) is 11.2 Å². The summed E-state index contributed by atoms with van der Waals surface area (Å²) in [6, 6.07) is 0. The molecule has 0 aliphatic rings. The molecule has 0 saturated carbocycles. The molecule has 5 heteroatoms. The molecule has 19 heavy (non-hydrogen) atoms. The van der Waals surface area contributed by atoms with Crippen molar-refractivity contribution in [3.63, 3.8) is 0 Å². The van der Waals surface area contributed by atoms with Gasteiger partial charge in [0, 0.05) is 18.2 Å². The number of hydrogen-bond acceptors (Lipinski definition) is 3. The van der Waals surface area contributed by atoms with Crippen LogP contribution in [0.1, 0.15) is 37.7 Å². The summed E-state index contributed by atoms with van der Waals surface area (Å²) < 4.78 is 0. The Morgan fingerprint density at radius 2 is 2.00 bits per heavy atom. The summed E-state index contributed by atoms with van der Waals surface area (Å²) in [5.41, 5.74) is 3.06. The minimum atomic E-state index is -0.492. The Bertz CT molecular complexity index is 407. The minimum Gasteiger partial charge on any atom is -0.391 e. The second-order valence-electron chi connectivity index (χ2n) is 5.57. The summed E-state index contributed by atoms with van der Waals surface area (Å²) in [5.74, 6) is -0.0111. The van der Waals surface area contributed by atoms with Gasteiger partial charge in [0.25, 0.3) is 0 Å². The van der Waals surface area contributed by atoms with E-state index in [9.17, 15) is 9.90 Å². The maximum atomic E-state index is 12.0. The lowest BCUT2D eigenvalue weighted by atomic mass is 9.98. The van der Waals surface area contributed by atoms with Crippen molar-refractivity contribution in [2.24, 2.45) is 11.8 Å². The molecule has 3 N–H and O–H groups in total. The predicted octanol–water partition coefficient (Wildman–Crippen LogP) is 1.34. The second-order valence-corrected chi connectivity index (χ2v) is 5.57. The Morgan fingerprint density at radius 1 is 1.37 bits per heavy atom. The number of nitrogens with one attached hydrogen (secondary N) is 2. The molecule has 0 aliphatic heterocycles. The van der Waals surface area contributed by atoms with Crippen LogP contribution in [0.15, 0.2) is 0 Å². The number of rotatable bonds is 6. The monoisotopic (exact) mass is 267 g/mol. The van der Waals surface area contributed by atoms with Crippen molar-refractivity contribution < 1.29 is 9.90 Å². The first-order valence-corrected chi connectivity index (χ1v) is 6.79. The summed E-state index contributed by atoms with van der Waals surface area (Å²) in [6.45, 7) is 9.96. The van der Waals surface area contributed by atoms with Gasteiger partial charge in [0.15, 0.2) is 0 Å². The third kappa shape index (κ3) is 4.35. The van der Waals surface area contributed by atoms with Crippen LogP contribution in [0.5, 0.6) is 0 Å². The van der Waals surface area contributed by atoms with E-state index in [1.807, 2.05) is 34.6 Å². The largest absolute Gasteiger partial charge is 0.391 e. The number of aromatic amines is 1. The molecule has 0 radical (unpaired) electrons. The number of aliphatic hydroxyl groups is 1. The molecule has 1 amide bonds. The van der Waals surface area contributed by atoms with Gasteiger partial charge in [-0.25, -0.2) is 0 Å². The maximum Gasteiger partial charge on any atom is 0.223 e. The zero-order valence-corrected chi connectivity index (χ0v) is 12.4. The van der Waals surface area contributed by atoms with Gasteiger partial charge in [0.1, 0.15) is 0 Å². The van der Waals surface area contributed by atoms with Crippen molar-refractivity contribution in [1.29, 1.82) is 0 Å². The van der Waals surface area contributed by atoms with Crippen LogP contribution in [0.3, 0.4) is 0 Å². The quantitative estimate of drug-likeness (QED) is 0.728. The van der Waals surface area contributed by atoms with Crippen molar-refractivity contribution in [2.75, 3.05) is 6.54 Å². The topological polar surface area (TPSA) is 78.0 Å². The summed E-state index contributed by atoms with van der Waals surface area (Å²) in [7, 11) is 0. The van der Waals surface area contributed by atoms with Gasteiger partial charge in [0.05, 0.1) is 11.8 Å². The lowest BCUT2D eigenvalue weighted by molar-refractivity contribution is -0.125. The van der Waals surface area contributed by atoms with Crippen molar-refractivity contribution >= 4 is 5.91 Å². The van der Waals surface area contributed by atoms with E-state index in [0.29, 0.717) is 13.0 Å². The molecule has 1 heterocycles. The van der Waals surface area contributed by atoms with Crippen molar-refractivity contribution in [1.82, 2.24) is 15.5 Å². The van der Waals surface area contributed by atoms with E-state index >= 15 is 0 Å². The normalized spacial score (nSPS) is 14.5. The van der Waals surface area contributed by atoms with Crippen LogP contribution < -0.4 is 5.32 Å². The first-order chi connectivity index (χ1) is 8.82. The highest BCUT2D eigenvalue weighted by Gasteiger charge is 2.18. The molecular weight excluding hydrogens is 242 g/mol. The molecule has 0 fully saturated rings. The first kappa shape index (κ1) is 15.7. The SMILES string of the molecule is Cc1n[nH]c(C)c1CC(C)C(=O)NCC(O)C(C)C. The highest BCUT2D eigenvalue weighted by atomic mass is 16.3. The maximum absolute atomic E-state index is 12.0. The number of carbonyl (C=O) groups is 1. The molecule has 1 aromatic heterocycles. The molecule has 1 rings (SSSR count). The van der Waals surface area contributed by atoms with Gasteiger partial charge in [-0.3, -0.25) is 9.89 Å². The van der Waals surface area contributed by atoms with Crippen LogP contribution in [0, 0.1) is 25.7 Å². The van der Waals surface area contributed by atoms with Crippen LogP contribution in [0.2, 0.25) is 0 Å². The number of hydrogen-bond donors (Lipinski definition) is 3. The molecule has 0 bridgehead atoms. The van der Waals surface area contributed by atoms with Crippen LogP contribution >= 0.6 is 0 Å². The molecule has 0 aliphatic carbocycles. The van der Waals surface area contributed by atoms with Crippen molar-refractivity contribution in [3.8, 4) is 0 Å². The number of amides is 1. The minimum absolute atomic E-state index is 0.0281. The third-order valence-electron chi connectivity index (χ3n) is 3.49. The zero-order chi connectivity index (χ0) is 14.6. The molecule has 2 atom stereocenters. The standard InChI is InChI=1S/C14H25N3O2/c1-8(2)13(18)7-15-14(19)9(3)6-12-10(4)16-17-11(12)5/h8-9,13,18H,6-7H2,1-5H3,(H,15,19)(H,16,17). The molecule has 5 nitrogen and oxygen atoms in total. The van der Waals surface area contributed by atoms with E-state index in [0.717, 1.165) is 17.0 Å². The molecule has 2 unspecified atom stereocenters. The van der Waals surface area contributed by atoms with E-state index in [2.05, 4.69) is 15.5 Å². The summed E-state index contributed by atoms with van der Waals surface area (Å²) >= 11 is 0. The summed E-state index contributed by atoms with van der Waals surface area (Å²) in [5, 5.41) is 19.5. The fourth-order valence-electron chi connectivity index (χ4n) is 1.89. The second kappa shape index (κ2) is 6.70. The Labute approximate surface area is 114 Å². The lowest BCUT2D eigenvalue weighted by Crippen LogP contribution is -2.38. The van der Waals surface area contributed by atoms with E-state index in [1.54, 1.807) is 0 Å². The Morgan fingerprint density at radius 3 is 2.47 bits per heavy atom. The molecule has 108 valence electrons. The Hall–Kier alpha value is -1.36. The predicted molar refractivity (Wildman–Crippen MR) is 74.8 cm³/mol. The molecular formula is C14H25N3O2. The zero-order valence-electron chi connectivity index (χ0n) is 12.4. The smallest absolute Gasteiger partial charge is 0.223 e. The highest BCUT2D eigenvalue weighted by molar-refractivity contribution is 5.78. The number of aliphatic hydroxyl groups excluding tert-OH is 1. The van der Waals surface area contributed by atoms with Crippen LogP contribution in [0.4, 0.5) is 0 Å². The first-order valence-electron chi connectivity index (χ1n) is 6.79. The van der Waals surface area contributed by atoms with Gasteiger partial charge in [-0.15, -0.1) is 0 Å². The summed E-state index contributed by atoms with van der Waals surface area (Å²) in [4.78, 5) is 12.0. The van der Waals surface area contributed by atoms with Gasteiger partial charge in [0.2, 0.25) is 5.91 Å². The number of aromatic nitrogens is 2. The number of nitrogens with zero attached hydrogens (tertiary/aromatic N) is 1. The van der Waals surface area contributed by atoms with Gasteiger partial charge in [-0.05, 0) is 31.7 Å². The summed E-state index contributed by atoms with van der Waals surface area (Å²) in [6.07, 6.45) is 0.172. The molecule has 0 spiro atoms. The van der Waals surface area contributed by atoms with Gasteiger partial charge in [-0.2, -0.15) is 5.10 Å². The Kier molecular flexibility index (Phi) is 5.54. The van der Waals surface area contributed by atoms with Crippen LogP contribution in [0.25, 0.3) is 0 Å². The van der Waals surface area contributed by atoms with E-state index < -0.39 is 6.10 Å². The molecule has 1 aromatic rings. The average molecular weight is 267 g/mol. The number of aryl methyl sites for hydroxylation is 2. The van der Waals surface area contributed by atoms with E-state index in [1.165, 1.54) is 0 Å². The number of carbonyl (C=O) groups excluding carboxylic acids is 1. The fourth-order valence-corrected chi connectivity index (χ4v) is 1.89. The Balaban J connectivity index is 2.50. The average Bonchev–Trinajstić information content (AvgIpc) is 2.66. The van der Waals surface area contributed by atoms with E-state index in [4.69, 9.17) is 0 Å². The van der Waals surface area contributed by atoms with Crippen molar-refractivity contribution in [3.05, 3.63) is 17.0 Å². The fraction of sp³-hybridized carbons (Fsp3) is 0.714. The van der Waals surface area contributed by atoms with Gasteiger partial charge in [-0.1, -0.05) is 20.8 Å². The highest BCUT2D eigenvalue weighted by Crippen LogP contribution is 2.15.